The molecule has 0 aliphatic rings. The van der Waals surface area contributed by atoms with Gasteiger partial charge in [0.25, 0.3) is 0 Å². The Morgan fingerprint density at radius 2 is 2.11 bits per heavy atom. The van der Waals surface area contributed by atoms with Gasteiger partial charge in [-0.15, -0.1) is 0 Å². The third-order valence-corrected chi connectivity index (χ3v) is 2.83. The van der Waals surface area contributed by atoms with Crippen LogP contribution in [0.25, 0.3) is 0 Å². The van der Waals surface area contributed by atoms with E-state index in [9.17, 15) is 4.79 Å². The molecule has 0 unspecified atom stereocenters. The van der Waals surface area contributed by atoms with Gasteiger partial charge >= 0.3 is 5.97 Å². The van der Waals surface area contributed by atoms with Crippen molar-refractivity contribution in [2.45, 2.75) is 13.0 Å². The van der Waals surface area contributed by atoms with Crippen LogP contribution in [0.4, 0.5) is 0 Å². The van der Waals surface area contributed by atoms with Crippen LogP contribution in [0, 0.1) is 0 Å². The van der Waals surface area contributed by atoms with Crippen LogP contribution in [0.2, 0.25) is 0 Å². The van der Waals surface area contributed by atoms with Gasteiger partial charge in [-0.3, -0.25) is 0 Å². The first kappa shape index (κ1) is 14.7. The van der Waals surface area contributed by atoms with Crippen molar-refractivity contribution < 1.29 is 9.53 Å². The summed E-state index contributed by atoms with van der Waals surface area (Å²) in [4.78, 5) is 13.8. The number of carbonyl (C=O) groups excluding carboxylic acids is 1. The Morgan fingerprint density at radius 1 is 1.39 bits per heavy atom. The highest BCUT2D eigenvalue weighted by Gasteiger charge is 2.11. The summed E-state index contributed by atoms with van der Waals surface area (Å²) in [6, 6.07) is 7.59. The second kappa shape index (κ2) is 7.84. The molecule has 1 aromatic rings. The molecule has 1 rings (SSSR count). The quantitative estimate of drug-likeness (QED) is 0.588. The van der Waals surface area contributed by atoms with Crippen molar-refractivity contribution >= 4 is 5.97 Å². The maximum absolute atomic E-state index is 11.6. The minimum atomic E-state index is -0.269. The monoisotopic (exact) mass is 250 g/mol. The number of nitrogens with one attached hydrogen (secondary N) is 1. The SMILES string of the molecule is CNCCCN(C)Cc1ccccc1C(=O)OC. The van der Waals surface area contributed by atoms with Gasteiger partial charge in [0, 0.05) is 6.54 Å². The Balaban J connectivity index is 2.63. The van der Waals surface area contributed by atoms with Gasteiger partial charge < -0.3 is 15.0 Å². The summed E-state index contributed by atoms with van der Waals surface area (Å²) in [7, 11) is 5.42. The predicted molar refractivity (Wildman–Crippen MR) is 72.7 cm³/mol. The van der Waals surface area contributed by atoms with E-state index in [1.54, 1.807) is 0 Å². The first-order chi connectivity index (χ1) is 8.69. The van der Waals surface area contributed by atoms with E-state index >= 15 is 0 Å². The lowest BCUT2D eigenvalue weighted by Gasteiger charge is -2.18. The minimum absolute atomic E-state index is 0.269. The molecule has 0 spiro atoms. The van der Waals surface area contributed by atoms with Gasteiger partial charge in [-0.05, 0) is 45.2 Å². The van der Waals surface area contributed by atoms with Crippen molar-refractivity contribution in [3.63, 3.8) is 0 Å². The van der Waals surface area contributed by atoms with Crippen molar-refractivity contribution in [3.8, 4) is 0 Å². The van der Waals surface area contributed by atoms with Crippen molar-refractivity contribution in [2.75, 3.05) is 34.3 Å². The molecule has 0 atom stereocenters. The van der Waals surface area contributed by atoms with E-state index in [4.69, 9.17) is 4.74 Å². The van der Waals surface area contributed by atoms with Crippen LogP contribution in [0.1, 0.15) is 22.3 Å². The van der Waals surface area contributed by atoms with E-state index in [1.165, 1.54) is 7.11 Å². The highest BCUT2D eigenvalue weighted by atomic mass is 16.5. The number of benzene rings is 1. The number of hydrogen-bond donors (Lipinski definition) is 1. The standard InChI is InChI=1S/C14H22N2O2/c1-15-9-6-10-16(2)11-12-7-4-5-8-13(12)14(17)18-3/h4-5,7-8,15H,6,9-11H2,1-3H3. The van der Waals surface area contributed by atoms with E-state index < -0.39 is 0 Å². The Hall–Kier alpha value is -1.39. The largest absolute Gasteiger partial charge is 0.465 e. The molecule has 0 aromatic heterocycles. The first-order valence-corrected chi connectivity index (χ1v) is 6.18. The van der Waals surface area contributed by atoms with Gasteiger partial charge in [-0.25, -0.2) is 4.79 Å². The first-order valence-electron chi connectivity index (χ1n) is 6.18. The van der Waals surface area contributed by atoms with Gasteiger partial charge in [0.2, 0.25) is 0 Å². The van der Waals surface area contributed by atoms with Crippen LogP contribution < -0.4 is 5.32 Å². The average molecular weight is 250 g/mol. The van der Waals surface area contributed by atoms with E-state index in [0.717, 1.165) is 31.6 Å². The summed E-state index contributed by atoms with van der Waals surface area (Å²) in [5.74, 6) is -0.269. The van der Waals surface area contributed by atoms with E-state index in [2.05, 4.69) is 17.3 Å². The molecule has 0 aliphatic carbocycles. The molecular formula is C14H22N2O2. The molecule has 0 saturated carbocycles. The summed E-state index contributed by atoms with van der Waals surface area (Å²) in [6.45, 7) is 2.76. The van der Waals surface area contributed by atoms with Crippen LogP contribution in [-0.4, -0.2) is 45.2 Å². The molecule has 4 nitrogen and oxygen atoms in total. The topological polar surface area (TPSA) is 41.6 Å². The number of nitrogens with zero attached hydrogens (tertiary/aromatic N) is 1. The molecule has 4 heteroatoms. The van der Waals surface area contributed by atoms with Crippen LogP contribution in [0.3, 0.4) is 0 Å². The molecule has 0 aliphatic heterocycles. The molecule has 100 valence electrons. The van der Waals surface area contributed by atoms with E-state index in [0.29, 0.717) is 5.56 Å². The minimum Gasteiger partial charge on any atom is -0.465 e. The summed E-state index contributed by atoms with van der Waals surface area (Å²) in [5, 5.41) is 3.12. The average Bonchev–Trinajstić information content (AvgIpc) is 2.39. The Bertz CT molecular complexity index is 380. The highest BCUT2D eigenvalue weighted by Crippen LogP contribution is 2.12. The molecule has 0 heterocycles. The molecule has 1 N–H and O–H groups in total. The third kappa shape index (κ3) is 4.47. The zero-order chi connectivity index (χ0) is 13.4. The van der Waals surface area contributed by atoms with Crippen molar-refractivity contribution in [1.29, 1.82) is 0 Å². The normalized spacial score (nSPS) is 10.7. The number of ether oxygens (including phenoxy) is 1. The third-order valence-electron chi connectivity index (χ3n) is 2.83. The fourth-order valence-electron chi connectivity index (χ4n) is 1.86. The second-order valence-electron chi connectivity index (χ2n) is 4.34. The number of carbonyl (C=O) groups is 1. The van der Waals surface area contributed by atoms with Crippen molar-refractivity contribution in [3.05, 3.63) is 35.4 Å². The molecule has 0 bridgehead atoms. The lowest BCUT2D eigenvalue weighted by atomic mass is 10.1. The highest BCUT2D eigenvalue weighted by molar-refractivity contribution is 5.90. The number of rotatable bonds is 7. The Labute approximate surface area is 109 Å². The van der Waals surface area contributed by atoms with Gasteiger partial charge in [0.1, 0.15) is 0 Å². The second-order valence-corrected chi connectivity index (χ2v) is 4.34. The molecule has 1 aromatic carbocycles. The Morgan fingerprint density at radius 3 is 2.78 bits per heavy atom. The van der Waals surface area contributed by atoms with Crippen LogP contribution in [-0.2, 0) is 11.3 Å². The van der Waals surface area contributed by atoms with Crippen LogP contribution in [0.5, 0.6) is 0 Å². The van der Waals surface area contributed by atoms with Crippen molar-refractivity contribution in [1.82, 2.24) is 10.2 Å². The van der Waals surface area contributed by atoms with Gasteiger partial charge in [-0.2, -0.15) is 0 Å². The number of esters is 1. The lowest BCUT2D eigenvalue weighted by molar-refractivity contribution is 0.0598. The van der Waals surface area contributed by atoms with Crippen LogP contribution in [0.15, 0.2) is 24.3 Å². The molecule has 0 amide bonds. The molecule has 18 heavy (non-hydrogen) atoms. The van der Waals surface area contributed by atoms with Crippen molar-refractivity contribution in [2.24, 2.45) is 0 Å². The fourth-order valence-corrected chi connectivity index (χ4v) is 1.86. The lowest BCUT2D eigenvalue weighted by Crippen LogP contribution is -2.23. The maximum Gasteiger partial charge on any atom is 0.338 e. The van der Waals surface area contributed by atoms with Crippen LogP contribution >= 0.6 is 0 Å². The van der Waals surface area contributed by atoms with Gasteiger partial charge in [0.15, 0.2) is 0 Å². The smallest absolute Gasteiger partial charge is 0.338 e. The fraction of sp³-hybridized carbons (Fsp3) is 0.500. The summed E-state index contributed by atoms with van der Waals surface area (Å²) < 4.78 is 4.79. The van der Waals surface area contributed by atoms with Gasteiger partial charge in [-0.1, -0.05) is 18.2 Å². The number of hydrogen-bond acceptors (Lipinski definition) is 4. The zero-order valence-corrected chi connectivity index (χ0v) is 11.4. The zero-order valence-electron chi connectivity index (χ0n) is 11.4. The molecule has 0 saturated heterocycles. The maximum atomic E-state index is 11.6. The van der Waals surface area contributed by atoms with E-state index in [-0.39, 0.29) is 5.97 Å². The predicted octanol–water partition coefficient (Wildman–Crippen LogP) is 1.51. The van der Waals surface area contributed by atoms with Gasteiger partial charge in [0.05, 0.1) is 12.7 Å². The summed E-state index contributed by atoms with van der Waals surface area (Å²) >= 11 is 0. The molecule has 0 radical (unpaired) electrons. The Kier molecular flexibility index (Phi) is 6.39. The number of methoxy groups -OCH3 is 1. The summed E-state index contributed by atoms with van der Waals surface area (Å²) in [6.07, 6.45) is 1.09. The molecular weight excluding hydrogens is 228 g/mol. The van der Waals surface area contributed by atoms with E-state index in [1.807, 2.05) is 31.3 Å². The summed E-state index contributed by atoms with van der Waals surface area (Å²) in [5.41, 5.74) is 1.66. The molecule has 0 fully saturated rings.